The van der Waals surface area contributed by atoms with Crippen LogP contribution >= 0.6 is 0 Å². The lowest BCUT2D eigenvalue weighted by Crippen LogP contribution is -2.28. The third kappa shape index (κ3) is 2.97. The molecule has 2 N–H and O–H groups in total. The molecule has 1 fully saturated rings. The van der Waals surface area contributed by atoms with Crippen molar-refractivity contribution in [3.8, 4) is 0 Å². The summed E-state index contributed by atoms with van der Waals surface area (Å²) in [7, 11) is -3.06. The number of benzene rings is 1. The lowest BCUT2D eigenvalue weighted by molar-refractivity contribution is 0.232. The molecule has 2 unspecified atom stereocenters. The maximum Gasteiger partial charge on any atom is 0.150 e. The van der Waals surface area contributed by atoms with E-state index in [1.54, 1.807) is 24.3 Å². The van der Waals surface area contributed by atoms with Gasteiger partial charge >= 0.3 is 0 Å². The van der Waals surface area contributed by atoms with Gasteiger partial charge in [0.2, 0.25) is 0 Å². The zero-order valence-electron chi connectivity index (χ0n) is 9.47. The number of halogens is 1. The molecule has 2 rings (SSSR count). The summed E-state index contributed by atoms with van der Waals surface area (Å²) in [6.45, 7) is 0. The molecule has 5 heteroatoms. The Morgan fingerprint density at radius 3 is 2.53 bits per heavy atom. The van der Waals surface area contributed by atoms with Crippen LogP contribution in [0.3, 0.4) is 0 Å². The van der Waals surface area contributed by atoms with Gasteiger partial charge in [-0.15, -0.1) is 0 Å². The first-order valence-electron chi connectivity index (χ1n) is 5.68. The number of anilines is 1. The third-order valence-corrected chi connectivity index (χ3v) is 5.01. The van der Waals surface area contributed by atoms with Crippen molar-refractivity contribution in [1.29, 1.82) is 0 Å². The second-order valence-corrected chi connectivity index (χ2v) is 6.81. The standard InChI is InChI=1S/C12H16FNO2S/c13-12(9-3-5-11(14)6-4-9)10-2-1-7-17(15,16)8-10/h3-6,10,12H,1-2,7-8,14H2. The summed E-state index contributed by atoms with van der Waals surface area (Å²) in [5.74, 6) is -0.270. The van der Waals surface area contributed by atoms with Gasteiger partial charge in [-0.2, -0.15) is 0 Å². The topological polar surface area (TPSA) is 60.2 Å². The quantitative estimate of drug-likeness (QED) is 0.825. The maximum atomic E-state index is 14.2. The molecule has 1 aliphatic rings. The van der Waals surface area contributed by atoms with E-state index >= 15 is 0 Å². The predicted octanol–water partition coefficient (Wildman–Crippen LogP) is 2.10. The first-order chi connectivity index (χ1) is 7.98. The van der Waals surface area contributed by atoms with Gasteiger partial charge in [-0.25, -0.2) is 12.8 Å². The third-order valence-electron chi connectivity index (χ3n) is 3.17. The van der Waals surface area contributed by atoms with Crippen LogP contribution in [0.25, 0.3) is 0 Å². The summed E-state index contributed by atoms with van der Waals surface area (Å²) >= 11 is 0. The van der Waals surface area contributed by atoms with Gasteiger partial charge in [0.15, 0.2) is 9.84 Å². The molecule has 1 aliphatic heterocycles. The van der Waals surface area contributed by atoms with Crippen molar-refractivity contribution < 1.29 is 12.8 Å². The number of alkyl halides is 1. The maximum absolute atomic E-state index is 14.2. The molecule has 3 nitrogen and oxygen atoms in total. The summed E-state index contributed by atoms with van der Waals surface area (Å²) < 4.78 is 37.1. The van der Waals surface area contributed by atoms with Gasteiger partial charge in [-0.1, -0.05) is 12.1 Å². The Bertz CT molecular complexity index is 484. The molecule has 0 radical (unpaired) electrons. The predicted molar refractivity (Wildman–Crippen MR) is 66.1 cm³/mol. The zero-order chi connectivity index (χ0) is 12.5. The van der Waals surface area contributed by atoms with Crippen molar-refractivity contribution >= 4 is 15.5 Å². The molecule has 0 spiro atoms. The minimum absolute atomic E-state index is 0.0431. The molecular formula is C12H16FNO2S. The molecule has 0 amide bonds. The zero-order valence-corrected chi connectivity index (χ0v) is 10.3. The lowest BCUT2D eigenvalue weighted by atomic mass is 9.94. The van der Waals surface area contributed by atoms with E-state index in [1.165, 1.54) is 0 Å². The number of rotatable bonds is 2. The van der Waals surface area contributed by atoms with E-state index in [-0.39, 0.29) is 11.5 Å². The van der Waals surface area contributed by atoms with Crippen LogP contribution in [0, 0.1) is 5.92 Å². The second-order valence-electron chi connectivity index (χ2n) is 4.59. The molecule has 2 atom stereocenters. The van der Waals surface area contributed by atoms with E-state index in [4.69, 9.17) is 5.73 Å². The average molecular weight is 257 g/mol. The van der Waals surface area contributed by atoms with E-state index < -0.39 is 21.9 Å². The fourth-order valence-corrected chi connectivity index (χ4v) is 4.00. The van der Waals surface area contributed by atoms with E-state index in [0.717, 1.165) is 0 Å². The molecule has 17 heavy (non-hydrogen) atoms. The minimum Gasteiger partial charge on any atom is -0.399 e. The van der Waals surface area contributed by atoms with Crippen LogP contribution in [0.4, 0.5) is 10.1 Å². The van der Waals surface area contributed by atoms with Crippen molar-refractivity contribution in [1.82, 2.24) is 0 Å². The van der Waals surface area contributed by atoms with Crippen molar-refractivity contribution in [2.45, 2.75) is 19.0 Å². The SMILES string of the molecule is Nc1ccc(C(F)C2CCCS(=O)(=O)C2)cc1. The van der Waals surface area contributed by atoms with Crippen molar-refractivity contribution in [2.24, 2.45) is 5.92 Å². The van der Waals surface area contributed by atoms with Gasteiger partial charge in [-0.05, 0) is 30.5 Å². The molecule has 1 aromatic rings. The van der Waals surface area contributed by atoms with Crippen LogP contribution in [-0.4, -0.2) is 19.9 Å². The highest BCUT2D eigenvalue weighted by atomic mass is 32.2. The second kappa shape index (κ2) is 4.64. The monoisotopic (exact) mass is 257 g/mol. The van der Waals surface area contributed by atoms with Crippen LogP contribution < -0.4 is 5.73 Å². The normalized spacial score (nSPS) is 25.4. The van der Waals surface area contributed by atoms with Crippen LogP contribution in [0.15, 0.2) is 24.3 Å². The number of hydrogen-bond acceptors (Lipinski definition) is 3. The Labute approximate surface area is 101 Å². The van der Waals surface area contributed by atoms with E-state index in [9.17, 15) is 12.8 Å². The molecule has 0 bridgehead atoms. The molecule has 0 aliphatic carbocycles. The number of sulfone groups is 1. The molecule has 94 valence electrons. The molecular weight excluding hydrogens is 241 g/mol. The Hall–Kier alpha value is -1.10. The average Bonchev–Trinajstić information content (AvgIpc) is 2.28. The highest BCUT2D eigenvalue weighted by molar-refractivity contribution is 7.91. The smallest absolute Gasteiger partial charge is 0.150 e. The Morgan fingerprint density at radius 1 is 1.29 bits per heavy atom. The largest absolute Gasteiger partial charge is 0.399 e. The van der Waals surface area contributed by atoms with E-state index in [0.29, 0.717) is 24.1 Å². The van der Waals surface area contributed by atoms with Crippen molar-refractivity contribution in [2.75, 3.05) is 17.2 Å². The van der Waals surface area contributed by atoms with Crippen molar-refractivity contribution in [3.63, 3.8) is 0 Å². The highest BCUT2D eigenvalue weighted by Gasteiger charge is 2.31. The van der Waals surface area contributed by atoms with Gasteiger partial charge in [-0.3, -0.25) is 0 Å². The van der Waals surface area contributed by atoms with Crippen LogP contribution in [0.1, 0.15) is 24.6 Å². The summed E-state index contributed by atoms with van der Waals surface area (Å²) in [6.07, 6.45) is -0.0293. The molecule has 0 aromatic heterocycles. The van der Waals surface area contributed by atoms with Crippen molar-refractivity contribution in [3.05, 3.63) is 29.8 Å². The summed E-state index contributed by atoms with van der Waals surface area (Å²) in [5, 5.41) is 0. The van der Waals surface area contributed by atoms with Crippen LogP contribution in [0.2, 0.25) is 0 Å². The molecule has 1 heterocycles. The molecule has 1 saturated heterocycles. The van der Waals surface area contributed by atoms with E-state index in [2.05, 4.69) is 0 Å². The number of nitrogens with two attached hydrogens (primary N) is 1. The van der Waals surface area contributed by atoms with Gasteiger partial charge in [0.25, 0.3) is 0 Å². The lowest BCUT2D eigenvalue weighted by Gasteiger charge is -2.25. The minimum atomic E-state index is -3.06. The highest BCUT2D eigenvalue weighted by Crippen LogP contribution is 2.33. The van der Waals surface area contributed by atoms with Gasteiger partial charge in [0, 0.05) is 11.6 Å². The first-order valence-corrected chi connectivity index (χ1v) is 7.50. The number of hydrogen-bond donors (Lipinski definition) is 1. The fourth-order valence-electron chi connectivity index (χ4n) is 2.24. The Balaban J connectivity index is 2.14. The molecule has 0 saturated carbocycles. The summed E-state index contributed by atoms with van der Waals surface area (Å²) in [5.41, 5.74) is 6.63. The van der Waals surface area contributed by atoms with E-state index in [1.807, 2.05) is 0 Å². The summed E-state index contributed by atoms with van der Waals surface area (Å²) in [6, 6.07) is 6.53. The Morgan fingerprint density at radius 2 is 1.94 bits per heavy atom. The first kappa shape index (κ1) is 12.4. The molecule has 1 aromatic carbocycles. The Kier molecular flexibility index (Phi) is 3.38. The van der Waals surface area contributed by atoms with Crippen LogP contribution in [-0.2, 0) is 9.84 Å². The van der Waals surface area contributed by atoms with Gasteiger partial charge in [0.05, 0.1) is 11.5 Å². The fraction of sp³-hybridized carbons (Fsp3) is 0.500. The number of nitrogen functional groups attached to an aromatic ring is 1. The van der Waals surface area contributed by atoms with Gasteiger partial charge in [0.1, 0.15) is 6.17 Å². The van der Waals surface area contributed by atoms with Gasteiger partial charge < -0.3 is 5.73 Å². The van der Waals surface area contributed by atoms with Crippen LogP contribution in [0.5, 0.6) is 0 Å². The summed E-state index contributed by atoms with van der Waals surface area (Å²) in [4.78, 5) is 0.